The van der Waals surface area contributed by atoms with Crippen LogP contribution in [0.4, 0.5) is 0 Å². The van der Waals surface area contributed by atoms with Crippen LogP contribution in [0.2, 0.25) is 0 Å². The van der Waals surface area contributed by atoms with Crippen molar-refractivity contribution >= 4 is 10.0 Å². The first-order chi connectivity index (χ1) is 8.86. The van der Waals surface area contributed by atoms with Crippen LogP contribution >= 0.6 is 0 Å². The van der Waals surface area contributed by atoms with Gasteiger partial charge in [-0.3, -0.25) is 5.10 Å². The van der Waals surface area contributed by atoms with Gasteiger partial charge in [-0.05, 0) is 33.6 Å². The molecule has 1 aromatic rings. The van der Waals surface area contributed by atoms with E-state index in [1.54, 1.807) is 18.2 Å². The fraction of sp³-hybridized carbons (Fsp3) is 0.769. The number of hydrogen-bond donors (Lipinski definition) is 1. The molecule has 0 aliphatic rings. The molecule has 1 atom stereocenters. The Kier molecular flexibility index (Phi) is 5.55. The lowest BCUT2D eigenvalue weighted by Gasteiger charge is -2.27. The zero-order chi connectivity index (χ0) is 14.6. The quantitative estimate of drug-likeness (QED) is 0.838. The largest absolute Gasteiger partial charge is 0.281 e. The number of sulfonamides is 1. The maximum atomic E-state index is 12.8. The number of hydrogen-bond acceptors (Lipinski definition) is 3. The van der Waals surface area contributed by atoms with E-state index in [9.17, 15) is 8.42 Å². The summed E-state index contributed by atoms with van der Waals surface area (Å²) >= 11 is 0. The topological polar surface area (TPSA) is 66.1 Å². The number of unbranched alkanes of at least 4 members (excludes halogenated alkanes) is 1. The Bertz CT molecular complexity index is 488. The zero-order valence-corrected chi connectivity index (χ0v) is 13.3. The van der Waals surface area contributed by atoms with Gasteiger partial charge in [0, 0.05) is 12.6 Å². The van der Waals surface area contributed by atoms with Crippen LogP contribution in [0.15, 0.2) is 4.90 Å². The van der Waals surface area contributed by atoms with E-state index in [-0.39, 0.29) is 6.04 Å². The minimum Gasteiger partial charge on any atom is -0.281 e. The summed E-state index contributed by atoms with van der Waals surface area (Å²) in [5.41, 5.74) is 1.16. The standard InChI is InChI=1S/C13H25N3O2S/c1-6-8-9-16(10(3)7-2)19(17,18)13-11(4)14-15-12(13)5/h10H,6-9H2,1-5H3,(H,14,15). The third kappa shape index (κ3) is 3.36. The van der Waals surface area contributed by atoms with Crippen LogP contribution in [-0.2, 0) is 10.0 Å². The van der Waals surface area contributed by atoms with E-state index in [4.69, 9.17) is 0 Å². The highest BCUT2D eigenvalue weighted by Crippen LogP contribution is 2.24. The van der Waals surface area contributed by atoms with E-state index in [0.29, 0.717) is 22.8 Å². The van der Waals surface area contributed by atoms with Gasteiger partial charge in [0.1, 0.15) is 4.90 Å². The summed E-state index contributed by atoms with van der Waals surface area (Å²) in [4.78, 5) is 0.337. The highest BCUT2D eigenvalue weighted by molar-refractivity contribution is 7.89. The summed E-state index contributed by atoms with van der Waals surface area (Å²) in [5, 5.41) is 6.75. The maximum absolute atomic E-state index is 12.8. The van der Waals surface area contributed by atoms with Crippen LogP contribution in [-0.4, -0.2) is 35.5 Å². The van der Waals surface area contributed by atoms with E-state index < -0.39 is 10.0 Å². The van der Waals surface area contributed by atoms with Gasteiger partial charge in [-0.2, -0.15) is 9.40 Å². The Morgan fingerprint density at radius 1 is 1.32 bits per heavy atom. The molecular formula is C13H25N3O2S. The van der Waals surface area contributed by atoms with Gasteiger partial charge in [0.05, 0.1) is 11.4 Å². The number of aromatic nitrogens is 2. The lowest BCUT2D eigenvalue weighted by molar-refractivity contribution is 0.324. The number of rotatable bonds is 7. The summed E-state index contributed by atoms with van der Waals surface area (Å²) in [7, 11) is -3.46. The Labute approximate surface area is 116 Å². The summed E-state index contributed by atoms with van der Waals surface area (Å²) in [6.45, 7) is 10.1. The minimum absolute atomic E-state index is 0.00486. The second kappa shape index (κ2) is 6.52. The van der Waals surface area contributed by atoms with Crippen LogP contribution in [0, 0.1) is 13.8 Å². The van der Waals surface area contributed by atoms with Crippen molar-refractivity contribution in [3.05, 3.63) is 11.4 Å². The van der Waals surface area contributed by atoms with Gasteiger partial charge >= 0.3 is 0 Å². The molecule has 6 heteroatoms. The molecule has 1 unspecified atom stereocenters. The lowest BCUT2D eigenvalue weighted by atomic mass is 10.2. The highest BCUT2D eigenvalue weighted by Gasteiger charge is 2.31. The van der Waals surface area contributed by atoms with E-state index in [1.165, 1.54) is 0 Å². The van der Waals surface area contributed by atoms with E-state index in [0.717, 1.165) is 19.3 Å². The molecule has 0 saturated carbocycles. The van der Waals surface area contributed by atoms with Gasteiger partial charge in [0.15, 0.2) is 0 Å². The van der Waals surface area contributed by atoms with Crippen LogP contribution in [0.1, 0.15) is 51.4 Å². The number of nitrogens with one attached hydrogen (secondary N) is 1. The van der Waals surface area contributed by atoms with Crippen LogP contribution < -0.4 is 0 Å². The first-order valence-electron chi connectivity index (χ1n) is 6.89. The van der Waals surface area contributed by atoms with Crippen LogP contribution in [0.3, 0.4) is 0 Å². The van der Waals surface area contributed by atoms with E-state index in [2.05, 4.69) is 17.1 Å². The molecule has 0 radical (unpaired) electrons. The molecule has 0 amide bonds. The minimum atomic E-state index is -3.46. The predicted molar refractivity (Wildman–Crippen MR) is 76.6 cm³/mol. The zero-order valence-electron chi connectivity index (χ0n) is 12.5. The Morgan fingerprint density at radius 3 is 2.37 bits per heavy atom. The van der Waals surface area contributed by atoms with Crippen molar-refractivity contribution in [3.8, 4) is 0 Å². The highest BCUT2D eigenvalue weighted by atomic mass is 32.2. The molecule has 19 heavy (non-hydrogen) atoms. The number of aromatic amines is 1. The van der Waals surface area contributed by atoms with Crippen molar-refractivity contribution in [3.63, 3.8) is 0 Å². The molecule has 1 aromatic heterocycles. The van der Waals surface area contributed by atoms with Gasteiger partial charge in [-0.1, -0.05) is 20.3 Å². The molecule has 1 N–H and O–H groups in total. The third-order valence-corrected chi connectivity index (χ3v) is 5.72. The summed E-state index contributed by atoms with van der Waals surface area (Å²) in [6, 6.07) is 0.00486. The van der Waals surface area contributed by atoms with Crippen LogP contribution in [0.5, 0.6) is 0 Å². The Balaban J connectivity index is 3.19. The molecule has 0 fully saturated rings. The monoisotopic (exact) mass is 287 g/mol. The molecular weight excluding hydrogens is 262 g/mol. The van der Waals surface area contributed by atoms with E-state index in [1.807, 2.05) is 13.8 Å². The van der Waals surface area contributed by atoms with Crippen molar-refractivity contribution in [2.75, 3.05) is 6.54 Å². The molecule has 1 heterocycles. The van der Waals surface area contributed by atoms with Crippen molar-refractivity contribution < 1.29 is 8.42 Å². The Hall–Kier alpha value is -0.880. The van der Waals surface area contributed by atoms with Crippen molar-refractivity contribution in [1.82, 2.24) is 14.5 Å². The lowest BCUT2D eigenvalue weighted by Crippen LogP contribution is -2.39. The van der Waals surface area contributed by atoms with E-state index >= 15 is 0 Å². The fourth-order valence-corrected chi connectivity index (χ4v) is 4.21. The predicted octanol–water partition coefficient (Wildman–Crippen LogP) is 2.62. The molecule has 0 saturated heterocycles. The average molecular weight is 287 g/mol. The molecule has 0 spiro atoms. The SMILES string of the molecule is CCCCN(C(C)CC)S(=O)(=O)c1c(C)n[nH]c1C. The smallest absolute Gasteiger partial charge is 0.246 e. The number of aryl methyl sites for hydroxylation is 2. The molecule has 5 nitrogen and oxygen atoms in total. The van der Waals surface area contributed by atoms with Gasteiger partial charge < -0.3 is 0 Å². The van der Waals surface area contributed by atoms with Gasteiger partial charge in [-0.15, -0.1) is 0 Å². The van der Waals surface area contributed by atoms with Gasteiger partial charge in [0.2, 0.25) is 10.0 Å². The molecule has 110 valence electrons. The molecule has 1 rings (SSSR count). The maximum Gasteiger partial charge on any atom is 0.246 e. The van der Waals surface area contributed by atoms with Crippen molar-refractivity contribution in [2.24, 2.45) is 0 Å². The average Bonchev–Trinajstić information content (AvgIpc) is 2.69. The molecule has 0 aliphatic heterocycles. The first-order valence-corrected chi connectivity index (χ1v) is 8.33. The van der Waals surface area contributed by atoms with Crippen molar-refractivity contribution in [2.45, 2.75) is 64.8 Å². The van der Waals surface area contributed by atoms with Crippen LogP contribution in [0.25, 0.3) is 0 Å². The summed E-state index contributed by atoms with van der Waals surface area (Å²) in [6.07, 6.45) is 2.66. The Morgan fingerprint density at radius 2 is 1.95 bits per heavy atom. The number of H-pyrrole nitrogens is 1. The van der Waals surface area contributed by atoms with Gasteiger partial charge in [0.25, 0.3) is 0 Å². The normalized spacial score (nSPS) is 14.0. The first kappa shape index (κ1) is 16.2. The third-order valence-electron chi connectivity index (χ3n) is 3.44. The summed E-state index contributed by atoms with van der Waals surface area (Å²) < 4.78 is 27.2. The molecule has 0 bridgehead atoms. The number of nitrogens with zero attached hydrogens (tertiary/aromatic N) is 2. The van der Waals surface area contributed by atoms with Crippen molar-refractivity contribution in [1.29, 1.82) is 0 Å². The molecule has 0 aromatic carbocycles. The fourth-order valence-electron chi connectivity index (χ4n) is 2.13. The second-order valence-electron chi connectivity index (χ2n) is 4.99. The van der Waals surface area contributed by atoms with Gasteiger partial charge in [-0.25, -0.2) is 8.42 Å². The molecule has 0 aliphatic carbocycles. The second-order valence-corrected chi connectivity index (χ2v) is 6.82. The summed E-state index contributed by atoms with van der Waals surface area (Å²) in [5.74, 6) is 0.